The van der Waals surface area contributed by atoms with Crippen LogP contribution in [0.4, 0.5) is 5.82 Å². The summed E-state index contributed by atoms with van der Waals surface area (Å²) in [4.78, 5) is 38.8. The van der Waals surface area contributed by atoms with E-state index >= 15 is 0 Å². The molecule has 2 atom stereocenters. The van der Waals surface area contributed by atoms with Gasteiger partial charge in [-0.3, -0.25) is 18.7 Å². The van der Waals surface area contributed by atoms with Crippen molar-refractivity contribution in [2.24, 2.45) is 19.5 Å². The van der Waals surface area contributed by atoms with Gasteiger partial charge >= 0.3 is 5.69 Å². The monoisotopic (exact) mass is 439 g/mol. The summed E-state index contributed by atoms with van der Waals surface area (Å²) in [6.07, 6.45) is 1.14. The average molecular weight is 440 g/mol. The van der Waals surface area contributed by atoms with Crippen molar-refractivity contribution in [3.8, 4) is 5.75 Å². The van der Waals surface area contributed by atoms with Crippen molar-refractivity contribution in [1.29, 1.82) is 0 Å². The Kier molecular flexibility index (Phi) is 5.27. The quantitative estimate of drug-likeness (QED) is 0.762. The number of ether oxygens (including phenoxy) is 1. The van der Waals surface area contributed by atoms with Crippen molar-refractivity contribution in [3.63, 3.8) is 0 Å². The zero-order valence-electron chi connectivity index (χ0n) is 19.1. The molecular formula is C24H29N3O5. The van der Waals surface area contributed by atoms with E-state index in [9.17, 15) is 19.5 Å². The van der Waals surface area contributed by atoms with Gasteiger partial charge in [0.25, 0.3) is 5.56 Å². The van der Waals surface area contributed by atoms with E-state index in [1.165, 1.54) is 11.6 Å². The summed E-state index contributed by atoms with van der Waals surface area (Å²) in [5, 5.41) is 14.0. The smallest absolute Gasteiger partial charge is 0.332 e. The molecule has 0 radical (unpaired) electrons. The van der Waals surface area contributed by atoms with Crippen LogP contribution in [-0.4, -0.2) is 33.2 Å². The molecule has 32 heavy (non-hydrogen) atoms. The molecule has 4 rings (SSSR count). The van der Waals surface area contributed by atoms with E-state index < -0.39 is 11.7 Å². The number of carbonyl (C=O) groups excluding carboxylic acids is 1. The molecule has 170 valence electrons. The second-order valence-electron chi connectivity index (χ2n) is 9.53. The Hall–Kier alpha value is -3.29. The lowest BCUT2D eigenvalue weighted by molar-refractivity contribution is -0.118. The highest BCUT2D eigenvalue weighted by molar-refractivity contribution is 5.99. The molecule has 1 aromatic carbocycles. The molecule has 0 saturated heterocycles. The minimum absolute atomic E-state index is 0.0783. The third kappa shape index (κ3) is 3.53. The van der Waals surface area contributed by atoms with Crippen LogP contribution in [0.15, 0.2) is 45.2 Å². The Balaban J connectivity index is 1.90. The maximum Gasteiger partial charge on any atom is 0.332 e. The minimum atomic E-state index is -0.518. The van der Waals surface area contributed by atoms with Gasteiger partial charge in [-0.15, -0.1) is 0 Å². The normalized spacial score (nSPS) is 22.3. The summed E-state index contributed by atoms with van der Waals surface area (Å²) in [5.41, 5.74) is 0.559. The third-order valence-corrected chi connectivity index (χ3v) is 6.59. The summed E-state index contributed by atoms with van der Waals surface area (Å²) >= 11 is 0. The molecule has 1 aromatic heterocycles. The number of nitrogens with zero attached hydrogens (tertiary/aromatic N) is 2. The maximum atomic E-state index is 13.1. The van der Waals surface area contributed by atoms with Crippen LogP contribution in [0, 0.1) is 5.41 Å². The van der Waals surface area contributed by atoms with Gasteiger partial charge in [0.2, 0.25) is 0 Å². The van der Waals surface area contributed by atoms with Crippen molar-refractivity contribution >= 4 is 11.6 Å². The van der Waals surface area contributed by atoms with Crippen molar-refractivity contribution in [2.45, 2.75) is 45.1 Å². The molecule has 2 aromatic rings. The number of carbonyl (C=O) groups is 1. The molecule has 2 unspecified atom stereocenters. The lowest BCUT2D eigenvalue weighted by atomic mass is 9.72. The van der Waals surface area contributed by atoms with E-state index in [4.69, 9.17) is 4.74 Å². The zero-order valence-corrected chi connectivity index (χ0v) is 19.1. The van der Waals surface area contributed by atoms with E-state index in [1.807, 2.05) is 38.1 Å². The topological polar surface area (TPSA) is 103 Å². The second kappa shape index (κ2) is 7.69. The number of methoxy groups -OCH3 is 1. The molecule has 8 nitrogen and oxygen atoms in total. The predicted octanol–water partition coefficient (Wildman–Crippen LogP) is 2.61. The Morgan fingerprint density at radius 3 is 2.31 bits per heavy atom. The van der Waals surface area contributed by atoms with Gasteiger partial charge in [0.15, 0.2) is 5.78 Å². The molecule has 8 heteroatoms. The predicted molar refractivity (Wildman–Crippen MR) is 121 cm³/mol. The fourth-order valence-electron chi connectivity index (χ4n) is 4.96. The van der Waals surface area contributed by atoms with Crippen molar-refractivity contribution in [3.05, 3.63) is 67.6 Å². The van der Waals surface area contributed by atoms with Gasteiger partial charge in [-0.1, -0.05) is 26.0 Å². The van der Waals surface area contributed by atoms with E-state index in [1.54, 1.807) is 14.2 Å². The van der Waals surface area contributed by atoms with Crippen LogP contribution in [-0.2, 0) is 18.9 Å². The number of hydrogen-bond donors (Lipinski definition) is 2. The number of hydrogen-bond acceptors (Lipinski definition) is 6. The number of anilines is 1. The number of rotatable bonds is 3. The zero-order chi connectivity index (χ0) is 23.4. The molecule has 0 spiro atoms. The Morgan fingerprint density at radius 1 is 1.06 bits per heavy atom. The van der Waals surface area contributed by atoms with Gasteiger partial charge in [0.05, 0.1) is 24.3 Å². The molecule has 0 saturated carbocycles. The summed E-state index contributed by atoms with van der Waals surface area (Å²) < 4.78 is 7.76. The standard InChI is InChI=1S/C24H29N3O5/c1-24(2)11-17(28)20(18(29)12-24)16-10-15(13-6-8-14(32-5)9-7-13)19-21(25-16)26(3)23(31)27(4)22(19)30/h6-9,15-16,25,28H,10-12H2,1-5H3. The number of aliphatic hydroxyl groups excluding tert-OH is 1. The first-order valence-corrected chi connectivity index (χ1v) is 10.7. The van der Waals surface area contributed by atoms with Crippen LogP contribution in [0.3, 0.4) is 0 Å². The molecule has 2 aliphatic rings. The number of nitrogens with one attached hydrogen (secondary N) is 1. The summed E-state index contributed by atoms with van der Waals surface area (Å²) in [7, 11) is 4.64. The summed E-state index contributed by atoms with van der Waals surface area (Å²) in [5.74, 6) is 0.679. The SMILES string of the molecule is COc1ccc(C2CC(C3=C(O)CC(C)(C)CC3=O)Nc3c2c(=O)n(C)c(=O)n3C)cc1. The first-order chi connectivity index (χ1) is 15.0. The fraction of sp³-hybridized carbons (Fsp3) is 0.458. The molecular weight excluding hydrogens is 410 g/mol. The van der Waals surface area contributed by atoms with Crippen LogP contribution in [0.1, 0.15) is 50.2 Å². The Labute approximate surface area is 186 Å². The third-order valence-electron chi connectivity index (χ3n) is 6.59. The van der Waals surface area contributed by atoms with E-state index in [0.29, 0.717) is 42.0 Å². The number of allylic oxidation sites excluding steroid dienone is 1. The highest BCUT2D eigenvalue weighted by Gasteiger charge is 2.41. The number of ketones is 1. The number of fused-ring (bicyclic) bond motifs is 1. The highest BCUT2D eigenvalue weighted by atomic mass is 16.5. The van der Waals surface area contributed by atoms with E-state index in [2.05, 4.69) is 5.32 Å². The Morgan fingerprint density at radius 2 is 1.72 bits per heavy atom. The van der Waals surface area contributed by atoms with Crippen molar-refractivity contribution in [2.75, 3.05) is 12.4 Å². The van der Waals surface area contributed by atoms with E-state index in [0.717, 1.165) is 10.1 Å². The first kappa shape index (κ1) is 21.9. The van der Waals surface area contributed by atoms with Gasteiger partial charge < -0.3 is 15.2 Å². The van der Waals surface area contributed by atoms with Crippen LogP contribution in [0.25, 0.3) is 0 Å². The molecule has 1 aliphatic heterocycles. The van der Waals surface area contributed by atoms with Crippen LogP contribution in [0.2, 0.25) is 0 Å². The fourth-order valence-corrected chi connectivity index (χ4v) is 4.96. The minimum Gasteiger partial charge on any atom is -0.512 e. The van der Waals surface area contributed by atoms with Gasteiger partial charge in [-0.2, -0.15) is 0 Å². The van der Waals surface area contributed by atoms with Gasteiger partial charge in [-0.25, -0.2) is 4.79 Å². The van der Waals surface area contributed by atoms with Crippen molar-refractivity contribution < 1.29 is 14.6 Å². The molecule has 0 amide bonds. The van der Waals surface area contributed by atoms with Gasteiger partial charge in [0.1, 0.15) is 17.3 Å². The molecule has 2 N–H and O–H groups in total. The van der Waals surface area contributed by atoms with E-state index in [-0.39, 0.29) is 28.4 Å². The second-order valence-corrected chi connectivity index (χ2v) is 9.53. The number of aromatic nitrogens is 2. The molecule has 1 aliphatic carbocycles. The lowest BCUT2D eigenvalue weighted by Gasteiger charge is -2.38. The number of aliphatic hydroxyl groups is 1. The number of Topliss-reactive ketones (excluding diaryl/α,β-unsaturated/α-hetero) is 1. The molecule has 2 heterocycles. The Bertz CT molecular complexity index is 1230. The first-order valence-electron chi connectivity index (χ1n) is 10.7. The highest BCUT2D eigenvalue weighted by Crippen LogP contribution is 2.43. The van der Waals surface area contributed by atoms with Crippen LogP contribution < -0.4 is 21.3 Å². The average Bonchev–Trinajstić information content (AvgIpc) is 2.74. The lowest BCUT2D eigenvalue weighted by Crippen LogP contribution is -2.46. The van der Waals surface area contributed by atoms with Gasteiger partial charge in [-0.05, 0) is 29.5 Å². The van der Waals surface area contributed by atoms with Crippen LogP contribution >= 0.6 is 0 Å². The molecule has 0 fully saturated rings. The largest absolute Gasteiger partial charge is 0.512 e. The van der Waals surface area contributed by atoms with Crippen LogP contribution in [0.5, 0.6) is 5.75 Å². The van der Waals surface area contributed by atoms with Crippen molar-refractivity contribution in [1.82, 2.24) is 9.13 Å². The molecule has 0 bridgehead atoms. The van der Waals surface area contributed by atoms with Gasteiger partial charge in [0, 0.05) is 32.9 Å². The number of benzene rings is 1. The summed E-state index contributed by atoms with van der Waals surface area (Å²) in [6.45, 7) is 3.91. The summed E-state index contributed by atoms with van der Waals surface area (Å²) in [6, 6.07) is 6.91. The maximum absolute atomic E-state index is 13.1.